The molecule has 2 rings (SSSR count). The standard InChI is InChI=1S/C16H20F2N2O4/c1-10(11-4-2-6-13(8-11)24-15(17)18)19-16(23)20-7-3-5-12(9-20)14(21)22/h2,4,6,8,10,12,15H,3,5,7,9H2,1H3,(H,19,23)(H,21,22). The lowest BCUT2D eigenvalue weighted by molar-refractivity contribution is -0.143. The van der Waals surface area contributed by atoms with Crippen LogP contribution in [0.15, 0.2) is 24.3 Å². The zero-order chi connectivity index (χ0) is 17.7. The molecule has 1 aromatic rings. The summed E-state index contributed by atoms with van der Waals surface area (Å²) in [5.41, 5.74) is 0.619. The van der Waals surface area contributed by atoms with E-state index in [0.29, 0.717) is 24.9 Å². The number of urea groups is 1. The highest BCUT2D eigenvalue weighted by Gasteiger charge is 2.28. The molecule has 0 spiro atoms. The van der Waals surface area contributed by atoms with Crippen LogP contribution >= 0.6 is 0 Å². The SMILES string of the molecule is CC(NC(=O)N1CCCC(C(=O)O)C1)c1cccc(OC(F)F)c1. The van der Waals surface area contributed by atoms with Crippen LogP contribution in [0, 0.1) is 5.92 Å². The minimum Gasteiger partial charge on any atom is -0.481 e. The lowest BCUT2D eigenvalue weighted by atomic mass is 9.98. The maximum absolute atomic E-state index is 12.3. The van der Waals surface area contributed by atoms with Gasteiger partial charge in [-0.05, 0) is 37.5 Å². The fourth-order valence-corrected chi connectivity index (χ4v) is 2.68. The molecule has 1 saturated heterocycles. The maximum Gasteiger partial charge on any atom is 0.387 e. The monoisotopic (exact) mass is 342 g/mol. The van der Waals surface area contributed by atoms with Crippen molar-refractivity contribution < 1.29 is 28.2 Å². The van der Waals surface area contributed by atoms with Crippen molar-refractivity contribution in [3.63, 3.8) is 0 Å². The van der Waals surface area contributed by atoms with Crippen LogP contribution in [0.1, 0.15) is 31.4 Å². The highest BCUT2D eigenvalue weighted by Crippen LogP contribution is 2.22. The van der Waals surface area contributed by atoms with Crippen molar-refractivity contribution in [3.8, 4) is 5.75 Å². The molecule has 2 amide bonds. The number of rotatable bonds is 5. The summed E-state index contributed by atoms with van der Waals surface area (Å²) in [7, 11) is 0. The van der Waals surface area contributed by atoms with Gasteiger partial charge in [-0.3, -0.25) is 4.79 Å². The number of likely N-dealkylation sites (tertiary alicyclic amines) is 1. The maximum atomic E-state index is 12.3. The topological polar surface area (TPSA) is 78.9 Å². The normalized spacial score (nSPS) is 19.0. The average Bonchev–Trinajstić information content (AvgIpc) is 2.54. The number of halogens is 2. The van der Waals surface area contributed by atoms with E-state index in [1.54, 1.807) is 19.1 Å². The smallest absolute Gasteiger partial charge is 0.387 e. The van der Waals surface area contributed by atoms with Gasteiger partial charge in [0, 0.05) is 13.1 Å². The molecule has 1 heterocycles. The van der Waals surface area contributed by atoms with E-state index < -0.39 is 24.5 Å². The van der Waals surface area contributed by atoms with Crippen molar-refractivity contribution in [2.24, 2.45) is 5.92 Å². The zero-order valence-electron chi connectivity index (χ0n) is 13.2. The Balaban J connectivity index is 1.97. The van der Waals surface area contributed by atoms with Gasteiger partial charge < -0.3 is 20.1 Å². The van der Waals surface area contributed by atoms with Gasteiger partial charge in [0.1, 0.15) is 5.75 Å². The van der Waals surface area contributed by atoms with Gasteiger partial charge in [0.25, 0.3) is 0 Å². The number of nitrogens with zero attached hydrogens (tertiary/aromatic N) is 1. The summed E-state index contributed by atoms with van der Waals surface area (Å²) in [5, 5.41) is 11.8. The molecule has 1 fully saturated rings. The number of carboxylic acids is 1. The Kier molecular flexibility index (Phi) is 5.94. The van der Waals surface area contributed by atoms with Crippen molar-refractivity contribution in [2.75, 3.05) is 13.1 Å². The number of ether oxygens (including phenoxy) is 1. The van der Waals surface area contributed by atoms with Gasteiger partial charge in [-0.15, -0.1) is 0 Å². The number of carboxylic acid groups (broad SMARTS) is 1. The molecule has 0 saturated carbocycles. The summed E-state index contributed by atoms with van der Waals surface area (Å²) in [5.74, 6) is -1.44. The lowest BCUT2D eigenvalue weighted by Crippen LogP contribution is -2.47. The summed E-state index contributed by atoms with van der Waals surface area (Å²) in [4.78, 5) is 24.8. The first-order valence-corrected chi connectivity index (χ1v) is 7.70. The van der Waals surface area contributed by atoms with Gasteiger partial charge in [-0.1, -0.05) is 12.1 Å². The first-order valence-electron chi connectivity index (χ1n) is 7.70. The average molecular weight is 342 g/mol. The van der Waals surface area contributed by atoms with Gasteiger partial charge in [-0.2, -0.15) is 8.78 Å². The van der Waals surface area contributed by atoms with Crippen LogP contribution in [-0.4, -0.2) is 41.7 Å². The van der Waals surface area contributed by atoms with Gasteiger partial charge in [0.15, 0.2) is 0 Å². The zero-order valence-corrected chi connectivity index (χ0v) is 13.2. The molecule has 1 aliphatic heterocycles. The second kappa shape index (κ2) is 7.94. The molecular weight excluding hydrogens is 322 g/mol. The van der Waals surface area contributed by atoms with Crippen LogP contribution in [0.3, 0.4) is 0 Å². The van der Waals surface area contributed by atoms with Crippen LogP contribution < -0.4 is 10.1 Å². The Morgan fingerprint density at radius 3 is 2.83 bits per heavy atom. The van der Waals surface area contributed by atoms with E-state index in [-0.39, 0.29) is 18.3 Å². The van der Waals surface area contributed by atoms with E-state index in [0.717, 1.165) is 0 Å². The quantitative estimate of drug-likeness (QED) is 0.862. The summed E-state index contributed by atoms with van der Waals surface area (Å²) >= 11 is 0. The summed E-state index contributed by atoms with van der Waals surface area (Å²) in [6.45, 7) is -0.524. The van der Waals surface area contributed by atoms with Crippen molar-refractivity contribution in [2.45, 2.75) is 32.4 Å². The number of hydrogen-bond acceptors (Lipinski definition) is 3. The van der Waals surface area contributed by atoms with E-state index in [1.165, 1.54) is 17.0 Å². The second-order valence-corrected chi connectivity index (χ2v) is 5.75. The molecule has 2 N–H and O–H groups in total. The molecule has 8 heteroatoms. The first-order chi connectivity index (χ1) is 11.4. The van der Waals surface area contributed by atoms with Gasteiger partial charge in [-0.25, -0.2) is 4.79 Å². The number of carbonyl (C=O) groups excluding carboxylic acids is 1. The largest absolute Gasteiger partial charge is 0.481 e. The van der Waals surface area contributed by atoms with Gasteiger partial charge in [0.2, 0.25) is 0 Å². The number of carbonyl (C=O) groups is 2. The Morgan fingerprint density at radius 2 is 2.17 bits per heavy atom. The lowest BCUT2D eigenvalue weighted by Gasteiger charge is -2.31. The number of hydrogen-bond donors (Lipinski definition) is 2. The van der Waals surface area contributed by atoms with Crippen molar-refractivity contribution in [1.29, 1.82) is 0 Å². The molecule has 0 aromatic heterocycles. The molecule has 6 nitrogen and oxygen atoms in total. The summed E-state index contributed by atoms with van der Waals surface area (Å²) in [6.07, 6.45) is 1.19. The van der Waals surface area contributed by atoms with E-state index in [9.17, 15) is 18.4 Å². The highest BCUT2D eigenvalue weighted by atomic mass is 19.3. The fourth-order valence-electron chi connectivity index (χ4n) is 2.68. The third-order valence-electron chi connectivity index (χ3n) is 3.98. The minimum atomic E-state index is -2.91. The summed E-state index contributed by atoms with van der Waals surface area (Å²) < 4.78 is 28.9. The molecule has 0 aliphatic carbocycles. The van der Waals surface area contributed by atoms with E-state index in [4.69, 9.17) is 5.11 Å². The third-order valence-corrected chi connectivity index (χ3v) is 3.98. The van der Waals surface area contributed by atoms with Gasteiger partial charge in [0.05, 0.1) is 12.0 Å². The predicted molar refractivity (Wildman–Crippen MR) is 82.0 cm³/mol. The number of aliphatic carboxylic acids is 1. The molecule has 0 radical (unpaired) electrons. The van der Waals surface area contributed by atoms with Crippen LogP contribution in [0.4, 0.5) is 13.6 Å². The number of piperidine rings is 1. The van der Waals surface area contributed by atoms with E-state index in [2.05, 4.69) is 10.1 Å². The molecule has 24 heavy (non-hydrogen) atoms. The fraction of sp³-hybridized carbons (Fsp3) is 0.500. The highest BCUT2D eigenvalue weighted by molar-refractivity contribution is 5.77. The molecule has 0 bridgehead atoms. The van der Waals surface area contributed by atoms with Crippen molar-refractivity contribution >= 4 is 12.0 Å². The van der Waals surface area contributed by atoms with Crippen LogP contribution in [0.25, 0.3) is 0 Å². The third kappa shape index (κ3) is 4.81. The molecule has 1 aromatic carbocycles. The van der Waals surface area contributed by atoms with E-state index >= 15 is 0 Å². The second-order valence-electron chi connectivity index (χ2n) is 5.75. The number of amides is 2. The number of alkyl halides is 2. The molecule has 2 unspecified atom stereocenters. The Labute approximate surface area is 138 Å². The Hall–Kier alpha value is -2.38. The van der Waals surface area contributed by atoms with Crippen LogP contribution in [0.2, 0.25) is 0 Å². The number of nitrogens with one attached hydrogen (secondary N) is 1. The Bertz CT molecular complexity index is 597. The van der Waals surface area contributed by atoms with Gasteiger partial charge >= 0.3 is 18.6 Å². The Morgan fingerprint density at radius 1 is 1.42 bits per heavy atom. The van der Waals surface area contributed by atoms with Crippen LogP contribution in [0.5, 0.6) is 5.75 Å². The molecular formula is C16H20F2N2O4. The summed E-state index contributed by atoms with van der Waals surface area (Å²) in [6, 6.07) is 5.31. The first kappa shape index (κ1) is 18.0. The van der Waals surface area contributed by atoms with E-state index in [1.807, 2.05) is 0 Å². The molecule has 1 aliphatic rings. The number of benzene rings is 1. The molecule has 132 valence electrons. The van der Waals surface area contributed by atoms with Crippen LogP contribution in [-0.2, 0) is 4.79 Å². The predicted octanol–water partition coefficient (Wildman–Crippen LogP) is 2.86. The van der Waals surface area contributed by atoms with Crippen molar-refractivity contribution in [3.05, 3.63) is 29.8 Å². The van der Waals surface area contributed by atoms with Crippen molar-refractivity contribution in [1.82, 2.24) is 10.2 Å². The minimum absolute atomic E-state index is 0.0208. The molecule has 2 atom stereocenters.